The number of ether oxygens (including phenoxy) is 1. The number of hydrogen-bond donors (Lipinski definition) is 3. The lowest BCUT2D eigenvalue weighted by Gasteiger charge is -2.11. The summed E-state index contributed by atoms with van der Waals surface area (Å²) in [6, 6.07) is 20.1. The van der Waals surface area contributed by atoms with Gasteiger partial charge < -0.3 is 20.7 Å². The van der Waals surface area contributed by atoms with Gasteiger partial charge in [-0.25, -0.2) is 4.39 Å². The van der Waals surface area contributed by atoms with Crippen molar-refractivity contribution in [2.24, 2.45) is 0 Å². The number of hydrogen-bond acceptors (Lipinski definition) is 4. The average molecular weight is 407 g/mol. The average Bonchev–Trinajstić information content (AvgIpc) is 2.77. The first-order valence-electron chi connectivity index (χ1n) is 9.35. The first-order valence-corrected chi connectivity index (χ1v) is 9.35. The Kier molecular flexibility index (Phi) is 7.00. The van der Waals surface area contributed by atoms with Gasteiger partial charge in [0.15, 0.2) is 0 Å². The summed E-state index contributed by atoms with van der Waals surface area (Å²) in [5.74, 6) is -0.315. The van der Waals surface area contributed by atoms with Crippen LogP contribution in [0.25, 0.3) is 0 Å². The van der Waals surface area contributed by atoms with Crippen LogP contribution in [0.15, 0.2) is 72.8 Å². The molecule has 30 heavy (non-hydrogen) atoms. The largest absolute Gasteiger partial charge is 0.495 e. The van der Waals surface area contributed by atoms with Crippen LogP contribution in [-0.2, 0) is 11.3 Å². The van der Waals surface area contributed by atoms with Gasteiger partial charge in [-0.05, 0) is 42.5 Å². The molecule has 0 unspecified atom stereocenters. The van der Waals surface area contributed by atoms with Crippen LogP contribution < -0.4 is 20.7 Å². The van der Waals surface area contributed by atoms with E-state index in [0.29, 0.717) is 28.3 Å². The Labute approximate surface area is 174 Å². The fourth-order valence-corrected chi connectivity index (χ4v) is 2.78. The van der Waals surface area contributed by atoms with Crippen LogP contribution in [0.2, 0.25) is 0 Å². The summed E-state index contributed by atoms with van der Waals surface area (Å²) in [5.41, 5.74) is 2.14. The number of carbonyl (C=O) groups excluding carboxylic acids is 2. The second kappa shape index (κ2) is 10.1. The van der Waals surface area contributed by atoms with Crippen molar-refractivity contribution in [3.8, 4) is 5.75 Å². The van der Waals surface area contributed by atoms with Crippen molar-refractivity contribution in [1.82, 2.24) is 5.32 Å². The van der Waals surface area contributed by atoms with Gasteiger partial charge in [-0.2, -0.15) is 0 Å². The maximum Gasteiger partial charge on any atom is 0.251 e. The van der Waals surface area contributed by atoms with Gasteiger partial charge >= 0.3 is 0 Å². The molecule has 0 aliphatic rings. The van der Waals surface area contributed by atoms with Gasteiger partial charge in [-0.3, -0.25) is 9.59 Å². The van der Waals surface area contributed by atoms with E-state index in [0.717, 1.165) is 0 Å². The summed E-state index contributed by atoms with van der Waals surface area (Å²) < 4.78 is 18.8. The van der Waals surface area contributed by atoms with Crippen LogP contribution in [0.3, 0.4) is 0 Å². The van der Waals surface area contributed by atoms with Crippen molar-refractivity contribution in [3.05, 3.63) is 89.7 Å². The molecule has 154 valence electrons. The summed E-state index contributed by atoms with van der Waals surface area (Å²) in [4.78, 5) is 24.4. The van der Waals surface area contributed by atoms with E-state index < -0.39 is 0 Å². The maximum atomic E-state index is 13.6. The van der Waals surface area contributed by atoms with Gasteiger partial charge in [0.1, 0.15) is 11.6 Å². The maximum absolute atomic E-state index is 13.6. The molecule has 0 aliphatic carbocycles. The van der Waals surface area contributed by atoms with E-state index in [1.54, 1.807) is 54.6 Å². The van der Waals surface area contributed by atoms with Gasteiger partial charge in [0, 0.05) is 23.4 Å². The number of nitrogens with one attached hydrogen (secondary N) is 3. The number of amides is 2. The van der Waals surface area contributed by atoms with Crippen molar-refractivity contribution >= 4 is 23.2 Å². The standard InChI is InChI=1S/C23H22FN3O3/c1-30-21-9-5-4-8-20(21)27-22(28)15-25-18-12-10-16(11-13-18)23(29)26-14-17-6-2-3-7-19(17)24/h2-13,25H,14-15H2,1H3,(H,26,29)(H,27,28). The number of carbonyl (C=O) groups is 2. The van der Waals surface area contributed by atoms with Crippen molar-refractivity contribution in [2.75, 3.05) is 24.3 Å². The lowest BCUT2D eigenvalue weighted by atomic mass is 10.1. The van der Waals surface area contributed by atoms with Crippen LogP contribution >= 0.6 is 0 Å². The Balaban J connectivity index is 1.50. The highest BCUT2D eigenvalue weighted by atomic mass is 19.1. The molecule has 0 aromatic heterocycles. The summed E-state index contributed by atoms with van der Waals surface area (Å²) >= 11 is 0. The quantitative estimate of drug-likeness (QED) is 0.531. The smallest absolute Gasteiger partial charge is 0.251 e. The highest BCUT2D eigenvalue weighted by molar-refractivity contribution is 5.96. The highest BCUT2D eigenvalue weighted by Crippen LogP contribution is 2.22. The van der Waals surface area contributed by atoms with Crippen LogP contribution in [0.5, 0.6) is 5.75 Å². The van der Waals surface area contributed by atoms with Crippen LogP contribution in [0.1, 0.15) is 15.9 Å². The van der Waals surface area contributed by atoms with Crippen molar-refractivity contribution in [1.29, 1.82) is 0 Å². The monoisotopic (exact) mass is 407 g/mol. The minimum Gasteiger partial charge on any atom is -0.495 e. The third-order valence-corrected chi connectivity index (χ3v) is 4.38. The third kappa shape index (κ3) is 5.57. The van der Waals surface area contributed by atoms with E-state index in [-0.39, 0.29) is 30.7 Å². The van der Waals surface area contributed by atoms with E-state index in [2.05, 4.69) is 16.0 Å². The number of halogens is 1. The van der Waals surface area contributed by atoms with Crippen LogP contribution in [0.4, 0.5) is 15.8 Å². The zero-order chi connectivity index (χ0) is 21.3. The molecule has 0 heterocycles. The predicted octanol–water partition coefficient (Wildman–Crippen LogP) is 3.81. The second-order valence-electron chi connectivity index (χ2n) is 6.45. The molecule has 0 aliphatic heterocycles. The minimum absolute atomic E-state index is 0.0525. The first kappa shape index (κ1) is 20.9. The number of rotatable bonds is 8. The molecule has 7 heteroatoms. The second-order valence-corrected chi connectivity index (χ2v) is 6.45. The molecule has 3 N–H and O–H groups in total. The molecule has 3 aromatic carbocycles. The summed E-state index contributed by atoms with van der Waals surface area (Å²) in [7, 11) is 1.54. The number of anilines is 2. The lowest BCUT2D eigenvalue weighted by molar-refractivity contribution is -0.114. The van der Waals surface area contributed by atoms with Crippen LogP contribution in [0, 0.1) is 5.82 Å². The third-order valence-electron chi connectivity index (χ3n) is 4.38. The number of para-hydroxylation sites is 2. The first-order chi connectivity index (χ1) is 14.6. The van der Waals surface area contributed by atoms with Gasteiger partial charge in [-0.15, -0.1) is 0 Å². The molecule has 0 saturated heterocycles. The molecule has 0 saturated carbocycles. The fraction of sp³-hybridized carbons (Fsp3) is 0.130. The summed E-state index contributed by atoms with van der Waals surface area (Å²) in [6.45, 7) is 0.158. The Hall–Kier alpha value is -3.87. The highest BCUT2D eigenvalue weighted by Gasteiger charge is 2.09. The molecular weight excluding hydrogens is 385 g/mol. The molecular formula is C23H22FN3O3. The van der Waals surface area contributed by atoms with Gasteiger partial charge in [0.05, 0.1) is 19.3 Å². The summed E-state index contributed by atoms with van der Waals surface area (Å²) in [5, 5.41) is 8.46. The van der Waals surface area contributed by atoms with Gasteiger partial charge in [0.2, 0.25) is 5.91 Å². The predicted molar refractivity (Wildman–Crippen MR) is 114 cm³/mol. The van der Waals surface area contributed by atoms with Gasteiger partial charge in [0.25, 0.3) is 5.91 Å². The Morgan fingerprint density at radius 2 is 1.63 bits per heavy atom. The normalized spacial score (nSPS) is 10.2. The fourth-order valence-electron chi connectivity index (χ4n) is 2.78. The van der Waals surface area contributed by atoms with E-state index in [1.807, 2.05) is 12.1 Å². The van der Waals surface area contributed by atoms with E-state index in [4.69, 9.17) is 4.74 Å². The Bertz CT molecular complexity index is 1020. The molecule has 0 radical (unpaired) electrons. The Morgan fingerprint density at radius 3 is 2.37 bits per heavy atom. The zero-order valence-electron chi connectivity index (χ0n) is 16.4. The topological polar surface area (TPSA) is 79.5 Å². The van der Waals surface area contributed by atoms with E-state index >= 15 is 0 Å². The molecule has 2 amide bonds. The molecule has 3 aromatic rings. The van der Waals surface area contributed by atoms with Gasteiger partial charge in [-0.1, -0.05) is 30.3 Å². The molecule has 6 nitrogen and oxygen atoms in total. The van der Waals surface area contributed by atoms with E-state index in [1.165, 1.54) is 13.2 Å². The molecule has 0 fully saturated rings. The Morgan fingerprint density at radius 1 is 0.933 bits per heavy atom. The number of methoxy groups -OCH3 is 1. The lowest BCUT2D eigenvalue weighted by Crippen LogP contribution is -2.23. The zero-order valence-corrected chi connectivity index (χ0v) is 16.4. The SMILES string of the molecule is COc1ccccc1NC(=O)CNc1ccc(C(=O)NCc2ccccc2F)cc1. The molecule has 0 spiro atoms. The van der Waals surface area contributed by atoms with Crippen molar-refractivity contribution in [2.45, 2.75) is 6.54 Å². The van der Waals surface area contributed by atoms with E-state index in [9.17, 15) is 14.0 Å². The molecule has 0 atom stereocenters. The van der Waals surface area contributed by atoms with Crippen molar-refractivity contribution < 1.29 is 18.7 Å². The summed E-state index contributed by atoms with van der Waals surface area (Å²) in [6.07, 6.45) is 0. The van der Waals surface area contributed by atoms with Crippen LogP contribution in [-0.4, -0.2) is 25.5 Å². The molecule has 0 bridgehead atoms. The minimum atomic E-state index is -0.358. The number of benzene rings is 3. The van der Waals surface area contributed by atoms with Crippen molar-refractivity contribution in [3.63, 3.8) is 0 Å². The molecule has 3 rings (SSSR count).